The highest BCUT2D eigenvalue weighted by molar-refractivity contribution is 6.00. The number of ether oxygens (including phenoxy) is 2. The maximum absolute atomic E-state index is 13.0. The van der Waals surface area contributed by atoms with Crippen LogP contribution in [0.4, 0.5) is 5.69 Å². The molecule has 0 saturated heterocycles. The molecule has 0 amide bonds. The van der Waals surface area contributed by atoms with Crippen molar-refractivity contribution in [3.05, 3.63) is 98.4 Å². The normalized spacial score (nSPS) is 16.4. The molecule has 0 fully saturated rings. The van der Waals surface area contributed by atoms with Crippen LogP contribution in [0.2, 0.25) is 0 Å². The van der Waals surface area contributed by atoms with Crippen LogP contribution in [0.1, 0.15) is 49.8 Å². The first kappa shape index (κ1) is 25.6. The number of nitro benzene ring substituents is 1. The van der Waals surface area contributed by atoms with Crippen molar-refractivity contribution in [2.75, 3.05) is 13.7 Å². The Morgan fingerprint density at radius 1 is 1.11 bits per heavy atom. The largest absolute Gasteiger partial charge is 0.466 e. The Balaban J connectivity index is 2.11. The fraction of sp³-hybridized carbons (Fsp3) is 0.308. The SMILES string of the molecule is CCOC(=O)C1=C(C)NC(CCC(O)c2ccccc2)=C(C(=O)OC)C1c1cccc([N+](=O)[O-])c1. The zero-order chi connectivity index (χ0) is 25.5. The highest BCUT2D eigenvalue weighted by Crippen LogP contribution is 2.41. The molecule has 0 radical (unpaired) electrons. The molecule has 9 nitrogen and oxygen atoms in total. The van der Waals surface area contributed by atoms with Gasteiger partial charge in [-0.1, -0.05) is 42.5 Å². The van der Waals surface area contributed by atoms with Gasteiger partial charge in [0.05, 0.1) is 41.8 Å². The molecule has 9 heteroatoms. The molecule has 0 bridgehead atoms. The van der Waals surface area contributed by atoms with Gasteiger partial charge >= 0.3 is 11.9 Å². The van der Waals surface area contributed by atoms with E-state index in [2.05, 4.69) is 5.32 Å². The standard InChI is InChI=1S/C26H28N2O7/c1-4-35-26(31)22-16(2)27-20(13-14-21(29)17-9-6-5-7-10-17)24(25(30)34-3)23(22)18-11-8-12-19(15-18)28(32)33/h5-12,15,21,23,27,29H,4,13-14H2,1-3H3. The summed E-state index contributed by atoms with van der Waals surface area (Å²) in [6.45, 7) is 3.46. The van der Waals surface area contributed by atoms with Gasteiger partial charge in [-0.3, -0.25) is 10.1 Å². The smallest absolute Gasteiger partial charge is 0.336 e. The van der Waals surface area contributed by atoms with Crippen molar-refractivity contribution >= 4 is 17.6 Å². The van der Waals surface area contributed by atoms with E-state index in [1.54, 1.807) is 19.9 Å². The van der Waals surface area contributed by atoms with E-state index in [0.29, 0.717) is 17.0 Å². The van der Waals surface area contributed by atoms with Crippen LogP contribution in [0, 0.1) is 10.1 Å². The number of aliphatic hydroxyl groups is 1. The number of hydrogen-bond donors (Lipinski definition) is 2. The lowest BCUT2D eigenvalue weighted by Crippen LogP contribution is -2.33. The minimum absolute atomic E-state index is 0.116. The lowest BCUT2D eigenvalue weighted by molar-refractivity contribution is -0.384. The Bertz CT molecular complexity index is 1170. The molecule has 0 spiro atoms. The average Bonchev–Trinajstić information content (AvgIpc) is 2.86. The van der Waals surface area contributed by atoms with Gasteiger partial charge in [-0.05, 0) is 37.8 Å². The van der Waals surface area contributed by atoms with Crippen molar-refractivity contribution in [1.29, 1.82) is 0 Å². The van der Waals surface area contributed by atoms with Crippen molar-refractivity contribution < 1.29 is 29.1 Å². The fourth-order valence-electron chi connectivity index (χ4n) is 4.20. The maximum atomic E-state index is 13.0. The van der Waals surface area contributed by atoms with Crippen molar-refractivity contribution in [2.24, 2.45) is 0 Å². The zero-order valence-electron chi connectivity index (χ0n) is 19.8. The van der Waals surface area contributed by atoms with Crippen LogP contribution in [0.25, 0.3) is 0 Å². The summed E-state index contributed by atoms with van der Waals surface area (Å²) in [5.41, 5.74) is 2.17. The molecule has 2 unspecified atom stereocenters. The van der Waals surface area contributed by atoms with Gasteiger partial charge in [0.15, 0.2) is 0 Å². The number of nitrogens with one attached hydrogen (secondary N) is 1. The molecule has 184 valence electrons. The minimum atomic E-state index is -0.952. The number of nitrogens with zero attached hydrogens (tertiary/aromatic N) is 1. The molecule has 2 aromatic rings. The summed E-state index contributed by atoms with van der Waals surface area (Å²) in [7, 11) is 1.23. The molecule has 0 saturated carbocycles. The molecule has 0 aromatic heterocycles. The second kappa shape index (κ2) is 11.4. The number of dihydropyridines is 1. The van der Waals surface area contributed by atoms with E-state index in [-0.39, 0.29) is 36.3 Å². The predicted octanol–water partition coefficient (Wildman–Crippen LogP) is 4.06. The Morgan fingerprint density at radius 3 is 2.46 bits per heavy atom. The van der Waals surface area contributed by atoms with Crippen LogP contribution < -0.4 is 5.32 Å². The molecule has 0 aliphatic carbocycles. The Morgan fingerprint density at radius 2 is 1.83 bits per heavy atom. The molecule has 1 aliphatic rings. The van der Waals surface area contributed by atoms with Gasteiger partial charge in [0.1, 0.15) is 0 Å². The van der Waals surface area contributed by atoms with Crippen LogP contribution in [0.15, 0.2) is 77.1 Å². The van der Waals surface area contributed by atoms with E-state index < -0.39 is 28.9 Å². The molecule has 2 N–H and O–H groups in total. The number of carbonyl (C=O) groups excluding carboxylic acids is 2. The maximum Gasteiger partial charge on any atom is 0.336 e. The third-order valence-electron chi connectivity index (χ3n) is 5.81. The zero-order valence-corrected chi connectivity index (χ0v) is 19.8. The number of carbonyl (C=O) groups is 2. The topological polar surface area (TPSA) is 128 Å². The molecule has 3 rings (SSSR count). The molecule has 2 aromatic carbocycles. The van der Waals surface area contributed by atoms with Gasteiger partial charge < -0.3 is 19.9 Å². The van der Waals surface area contributed by atoms with Gasteiger partial charge in [0.25, 0.3) is 5.69 Å². The molecule has 1 heterocycles. The first-order valence-corrected chi connectivity index (χ1v) is 11.2. The lowest BCUT2D eigenvalue weighted by atomic mass is 9.79. The number of esters is 2. The first-order valence-electron chi connectivity index (χ1n) is 11.2. The summed E-state index contributed by atoms with van der Waals surface area (Å²) in [6.07, 6.45) is -0.230. The molecular weight excluding hydrogens is 452 g/mol. The minimum Gasteiger partial charge on any atom is -0.466 e. The van der Waals surface area contributed by atoms with Crippen molar-refractivity contribution in [3.8, 4) is 0 Å². The second-order valence-corrected chi connectivity index (χ2v) is 8.02. The Labute approximate surface area is 203 Å². The first-order chi connectivity index (χ1) is 16.8. The number of benzene rings is 2. The van der Waals surface area contributed by atoms with Crippen LogP contribution in [0.3, 0.4) is 0 Å². The highest BCUT2D eigenvalue weighted by atomic mass is 16.6. The summed E-state index contributed by atoms with van der Waals surface area (Å²) in [5, 5.41) is 25.2. The third-order valence-corrected chi connectivity index (χ3v) is 5.81. The third kappa shape index (κ3) is 5.75. The summed E-state index contributed by atoms with van der Waals surface area (Å²) >= 11 is 0. The molecule has 35 heavy (non-hydrogen) atoms. The van der Waals surface area contributed by atoms with E-state index in [0.717, 1.165) is 5.56 Å². The molecular formula is C26H28N2O7. The van der Waals surface area contributed by atoms with Crippen molar-refractivity contribution in [2.45, 2.75) is 38.7 Å². The summed E-state index contributed by atoms with van der Waals surface area (Å²) < 4.78 is 10.3. The van der Waals surface area contributed by atoms with E-state index in [1.807, 2.05) is 30.3 Å². The number of nitro groups is 1. The van der Waals surface area contributed by atoms with Gasteiger partial charge in [-0.2, -0.15) is 0 Å². The van der Waals surface area contributed by atoms with E-state index in [1.165, 1.54) is 25.3 Å². The number of methoxy groups -OCH3 is 1. The summed E-state index contributed by atoms with van der Waals surface area (Å²) in [5.74, 6) is -2.28. The number of hydrogen-bond acceptors (Lipinski definition) is 8. The number of non-ortho nitro benzene ring substituents is 1. The van der Waals surface area contributed by atoms with Crippen LogP contribution in [-0.2, 0) is 19.1 Å². The summed E-state index contributed by atoms with van der Waals surface area (Å²) in [6, 6.07) is 14.9. The quantitative estimate of drug-likeness (QED) is 0.312. The van der Waals surface area contributed by atoms with Crippen molar-refractivity contribution in [3.63, 3.8) is 0 Å². The van der Waals surface area contributed by atoms with Crippen LogP contribution in [-0.4, -0.2) is 35.7 Å². The fourth-order valence-corrected chi connectivity index (χ4v) is 4.20. The molecule has 2 atom stereocenters. The van der Waals surface area contributed by atoms with Gasteiger partial charge in [0, 0.05) is 23.5 Å². The Kier molecular flexibility index (Phi) is 8.38. The van der Waals surface area contributed by atoms with Gasteiger partial charge in [-0.15, -0.1) is 0 Å². The summed E-state index contributed by atoms with van der Waals surface area (Å²) in [4.78, 5) is 36.9. The molecule has 1 aliphatic heterocycles. The number of rotatable bonds is 9. The average molecular weight is 481 g/mol. The van der Waals surface area contributed by atoms with Crippen LogP contribution >= 0.6 is 0 Å². The van der Waals surface area contributed by atoms with Crippen molar-refractivity contribution in [1.82, 2.24) is 5.32 Å². The monoisotopic (exact) mass is 480 g/mol. The van der Waals surface area contributed by atoms with Gasteiger partial charge in [-0.25, -0.2) is 9.59 Å². The highest BCUT2D eigenvalue weighted by Gasteiger charge is 2.39. The van der Waals surface area contributed by atoms with E-state index >= 15 is 0 Å². The van der Waals surface area contributed by atoms with Gasteiger partial charge in [0.2, 0.25) is 0 Å². The van der Waals surface area contributed by atoms with E-state index in [9.17, 15) is 24.8 Å². The van der Waals surface area contributed by atoms with E-state index in [4.69, 9.17) is 9.47 Å². The second-order valence-electron chi connectivity index (χ2n) is 8.02. The van der Waals surface area contributed by atoms with Crippen LogP contribution in [0.5, 0.6) is 0 Å². The number of allylic oxidation sites excluding steroid dienone is 2. The predicted molar refractivity (Wildman–Crippen MR) is 128 cm³/mol. The Hall–Kier alpha value is -3.98. The lowest BCUT2D eigenvalue weighted by Gasteiger charge is -2.31. The number of aliphatic hydroxyl groups excluding tert-OH is 1.